The molecule has 2 saturated carbocycles. The first-order valence-corrected chi connectivity index (χ1v) is 9.66. The fourth-order valence-electron chi connectivity index (χ4n) is 4.45. The van der Waals surface area contributed by atoms with Crippen LogP contribution >= 0.6 is 0 Å². The van der Waals surface area contributed by atoms with Crippen LogP contribution in [0.1, 0.15) is 61.1 Å². The van der Waals surface area contributed by atoms with Crippen LogP contribution in [-0.4, -0.2) is 12.8 Å². The molecule has 0 atom stereocenters. The van der Waals surface area contributed by atoms with Gasteiger partial charge in [0.1, 0.15) is 11.5 Å². The van der Waals surface area contributed by atoms with Gasteiger partial charge < -0.3 is 9.47 Å². The van der Waals surface area contributed by atoms with Crippen molar-refractivity contribution in [1.29, 1.82) is 0 Å². The third kappa shape index (κ3) is 4.96. The Kier molecular flexibility index (Phi) is 6.33. The highest BCUT2D eigenvalue weighted by molar-refractivity contribution is 5.75. The number of halogens is 1. The molecule has 0 aliphatic heterocycles. The van der Waals surface area contributed by atoms with Crippen LogP contribution in [0.5, 0.6) is 11.5 Å². The number of carbonyl (C=O) groups is 1. The van der Waals surface area contributed by atoms with Gasteiger partial charge in [-0.15, -0.1) is 0 Å². The summed E-state index contributed by atoms with van der Waals surface area (Å²) >= 11 is 0. The van der Waals surface area contributed by atoms with E-state index in [0.717, 1.165) is 43.4 Å². The summed E-state index contributed by atoms with van der Waals surface area (Å²) in [7, 11) is 0. The van der Waals surface area contributed by atoms with Crippen LogP contribution in [0, 0.1) is 23.7 Å². The Morgan fingerprint density at radius 1 is 0.960 bits per heavy atom. The zero-order valence-corrected chi connectivity index (χ0v) is 15.1. The van der Waals surface area contributed by atoms with Gasteiger partial charge in [-0.05, 0) is 80.5 Å². The van der Waals surface area contributed by atoms with Crippen LogP contribution in [0.3, 0.4) is 0 Å². The molecule has 0 aromatic heterocycles. The van der Waals surface area contributed by atoms with E-state index in [1.54, 1.807) is 24.3 Å². The minimum absolute atomic E-state index is 0. The molecule has 0 N–H and O–H groups in total. The van der Waals surface area contributed by atoms with E-state index < -0.39 is 6.86 Å². The number of ether oxygens (including phenoxy) is 2. The van der Waals surface area contributed by atoms with Gasteiger partial charge in [-0.1, -0.05) is 19.8 Å². The molecule has 3 rings (SSSR count). The van der Waals surface area contributed by atoms with Gasteiger partial charge in [0, 0.05) is 2.85 Å². The lowest BCUT2D eigenvalue weighted by molar-refractivity contribution is -0.140. The SMILES string of the molecule is CC1CCC(C2CCC(C(=O)Oc3ccc(OCF)cc3)CC2)CC1.[HH].[HH]. The maximum atomic E-state index is 12.4. The van der Waals surface area contributed by atoms with Crippen molar-refractivity contribution in [3.8, 4) is 11.5 Å². The van der Waals surface area contributed by atoms with Crippen LogP contribution in [0.15, 0.2) is 24.3 Å². The van der Waals surface area contributed by atoms with E-state index in [0.29, 0.717) is 11.5 Å². The average Bonchev–Trinajstić information content (AvgIpc) is 2.64. The van der Waals surface area contributed by atoms with Gasteiger partial charge in [-0.3, -0.25) is 4.79 Å². The summed E-state index contributed by atoms with van der Waals surface area (Å²) in [6, 6.07) is 6.53. The van der Waals surface area contributed by atoms with Crippen molar-refractivity contribution in [3.05, 3.63) is 24.3 Å². The van der Waals surface area contributed by atoms with Gasteiger partial charge in [0.05, 0.1) is 5.92 Å². The molecule has 3 nitrogen and oxygen atoms in total. The van der Waals surface area contributed by atoms with Crippen molar-refractivity contribution in [2.75, 3.05) is 6.86 Å². The summed E-state index contributed by atoms with van der Waals surface area (Å²) in [6.45, 7) is 1.50. The number of esters is 1. The highest BCUT2D eigenvalue weighted by Crippen LogP contribution is 2.41. The zero-order valence-electron chi connectivity index (χ0n) is 15.1. The number of hydrogen-bond acceptors (Lipinski definition) is 3. The molecule has 0 radical (unpaired) electrons. The second-order valence-corrected chi connectivity index (χ2v) is 7.78. The molecule has 1 aromatic rings. The molecule has 25 heavy (non-hydrogen) atoms. The number of alkyl halides is 1. The molecule has 2 fully saturated rings. The average molecular weight is 352 g/mol. The minimum atomic E-state index is -0.859. The smallest absolute Gasteiger partial charge is 0.314 e. The first kappa shape index (κ1) is 18.2. The van der Waals surface area contributed by atoms with Gasteiger partial charge in [-0.25, -0.2) is 4.39 Å². The summed E-state index contributed by atoms with van der Waals surface area (Å²) in [5.74, 6) is 3.38. The number of rotatable bonds is 5. The number of benzene rings is 1. The molecule has 0 spiro atoms. The maximum absolute atomic E-state index is 12.4. The lowest BCUT2D eigenvalue weighted by Crippen LogP contribution is -2.29. The largest absolute Gasteiger partial charge is 0.463 e. The molecular formula is C21H33FO3. The topological polar surface area (TPSA) is 35.5 Å². The predicted octanol–water partition coefficient (Wildman–Crippen LogP) is 6.02. The maximum Gasteiger partial charge on any atom is 0.314 e. The van der Waals surface area contributed by atoms with Gasteiger partial charge in [-0.2, -0.15) is 0 Å². The number of hydrogen-bond donors (Lipinski definition) is 0. The predicted molar refractivity (Wildman–Crippen MR) is 99.5 cm³/mol. The normalized spacial score (nSPS) is 29.8. The van der Waals surface area contributed by atoms with E-state index in [-0.39, 0.29) is 14.7 Å². The molecule has 0 amide bonds. The van der Waals surface area contributed by atoms with Crippen molar-refractivity contribution in [2.45, 2.75) is 58.3 Å². The molecule has 142 valence electrons. The van der Waals surface area contributed by atoms with E-state index in [2.05, 4.69) is 6.92 Å². The lowest BCUT2D eigenvalue weighted by Gasteiger charge is -2.36. The van der Waals surface area contributed by atoms with E-state index in [4.69, 9.17) is 9.47 Å². The molecule has 0 saturated heterocycles. The number of carbonyl (C=O) groups excluding carboxylic acids is 1. The van der Waals surface area contributed by atoms with E-state index in [1.807, 2.05) is 0 Å². The van der Waals surface area contributed by atoms with E-state index in [9.17, 15) is 9.18 Å². The molecule has 0 bridgehead atoms. The summed E-state index contributed by atoms with van der Waals surface area (Å²) in [5, 5.41) is 0. The van der Waals surface area contributed by atoms with Crippen LogP contribution < -0.4 is 9.47 Å². The Morgan fingerprint density at radius 2 is 1.48 bits per heavy atom. The Hall–Kier alpha value is -1.58. The molecule has 2 aliphatic carbocycles. The Labute approximate surface area is 152 Å². The van der Waals surface area contributed by atoms with Gasteiger partial charge in [0.2, 0.25) is 6.86 Å². The molecular weight excluding hydrogens is 319 g/mol. The molecule has 0 unspecified atom stereocenters. The van der Waals surface area contributed by atoms with Crippen LogP contribution in [0.4, 0.5) is 4.39 Å². The van der Waals surface area contributed by atoms with Crippen molar-refractivity contribution >= 4 is 5.97 Å². The molecule has 2 aliphatic rings. The standard InChI is InChI=1S/C21H29FO3.2H2/c1-15-2-4-16(5-3-15)17-6-8-18(9-7-17)21(23)25-20-12-10-19(11-13-20)24-14-22;;/h10-13,15-18H,2-9,14H2,1H3;2*1H. The Balaban J connectivity index is 0.00000182. The lowest BCUT2D eigenvalue weighted by atomic mass is 9.69. The van der Waals surface area contributed by atoms with Crippen molar-refractivity contribution in [1.82, 2.24) is 0 Å². The van der Waals surface area contributed by atoms with Crippen LogP contribution in [-0.2, 0) is 4.79 Å². The Bertz CT molecular complexity index is 551. The Morgan fingerprint density at radius 3 is 2.04 bits per heavy atom. The van der Waals surface area contributed by atoms with Gasteiger partial charge in [0.15, 0.2) is 0 Å². The third-order valence-electron chi connectivity index (χ3n) is 6.10. The van der Waals surface area contributed by atoms with Crippen molar-refractivity contribution < 1.29 is 21.5 Å². The van der Waals surface area contributed by atoms with Crippen molar-refractivity contribution in [2.24, 2.45) is 23.7 Å². The summed E-state index contributed by atoms with van der Waals surface area (Å²) in [5.41, 5.74) is 0. The quantitative estimate of drug-likeness (QED) is 0.480. The second kappa shape index (κ2) is 8.68. The monoisotopic (exact) mass is 352 g/mol. The summed E-state index contributed by atoms with van der Waals surface area (Å²) < 4.78 is 22.4. The first-order chi connectivity index (χ1) is 12.2. The molecule has 1 aromatic carbocycles. The van der Waals surface area contributed by atoms with Crippen molar-refractivity contribution in [3.63, 3.8) is 0 Å². The summed E-state index contributed by atoms with van der Waals surface area (Å²) in [6.07, 6.45) is 9.67. The first-order valence-electron chi connectivity index (χ1n) is 9.66. The minimum Gasteiger partial charge on any atom is -0.463 e. The fraction of sp³-hybridized carbons (Fsp3) is 0.667. The highest BCUT2D eigenvalue weighted by Gasteiger charge is 2.33. The van der Waals surface area contributed by atoms with Gasteiger partial charge in [0.25, 0.3) is 0 Å². The highest BCUT2D eigenvalue weighted by atomic mass is 19.1. The second-order valence-electron chi connectivity index (χ2n) is 7.78. The van der Waals surface area contributed by atoms with Crippen LogP contribution in [0.2, 0.25) is 0 Å². The van der Waals surface area contributed by atoms with Gasteiger partial charge >= 0.3 is 5.97 Å². The van der Waals surface area contributed by atoms with E-state index >= 15 is 0 Å². The third-order valence-corrected chi connectivity index (χ3v) is 6.10. The van der Waals surface area contributed by atoms with E-state index in [1.165, 1.54) is 25.7 Å². The molecule has 4 heteroatoms. The fourth-order valence-corrected chi connectivity index (χ4v) is 4.45. The zero-order chi connectivity index (χ0) is 17.6. The van der Waals surface area contributed by atoms with Crippen LogP contribution in [0.25, 0.3) is 0 Å². The summed E-state index contributed by atoms with van der Waals surface area (Å²) in [4.78, 5) is 12.4. The molecule has 0 heterocycles.